The van der Waals surface area contributed by atoms with Crippen LogP contribution in [0.4, 0.5) is 0 Å². The van der Waals surface area contributed by atoms with Crippen molar-refractivity contribution in [3.05, 3.63) is 30.1 Å². The van der Waals surface area contributed by atoms with Gasteiger partial charge in [-0.25, -0.2) is 0 Å². The minimum Gasteiger partial charge on any atom is -0.342 e. The second-order valence-corrected chi connectivity index (χ2v) is 9.82. The molecule has 2 saturated carbocycles. The summed E-state index contributed by atoms with van der Waals surface area (Å²) in [6.07, 6.45) is 17.9. The number of carbonyl (C=O) groups is 1. The van der Waals surface area contributed by atoms with Gasteiger partial charge >= 0.3 is 0 Å². The Morgan fingerprint density at radius 3 is 2.29 bits per heavy atom. The van der Waals surface area contributed by atoms with E-state index in [1.807, 2.05) is 12.4 Å². The van der Waals surface area contributed by atoms with Crippen LogP contribution < -0.4 is 0 Å². The fourth-order valence-electron chi connectivity index (χ4n) is 6.75. The van der Waals surface area contributed by atoms with Crippen LogP contribution in [0, 0.1) is 11.3 Å². The number of pyridine rings is 1. The van der Waals surface area contributed by atoms with Crippen molar-refractivity contribution in [2.45, 2.75) is 82.7 Å². The van der Waals surface area contributed by atoms with E-state index in [1.54, 1.807) is 0 Å². The lowest BCUT2D eigenvalue weighted by atomic mass is 9.60. The zero-order valence-corrected chi connectivity index (χ0v) is 17.2. The minimum atomic E-state index is 0.329. The monoisotopic (exact) mass is 381 g/mol. The molecule has 3 heterocycles. The van der Waals surface area contributed by atoms with E-state index in [1.165, 1.54) is 57.1 Å². The maximum absolute atomic E-state index is 12.8. The molecule has 1 aromatic rings. The molecule has 4 nitrogen and oxygen atoms in total. The topological polar surface area (TPSA) is 36.4 Å². The molecule has 2 saturated heterocycles. The van der Waals surface area contributed by atoms with Gasteiger partial charge in [0.15, 0.2) is 0 Å². The highest BCUT2D eigenvalue weighted by molar-refractivity contribution is 5.79. The van der Waals surface area contributed by atoms with Crippen LogP contribution >= 0.6 is 0 Å². The molecule has 28 heavy (non-hydrogen) atoms. The van der Waals surface area contributed by atoms with E-state index in [0.717, 1.165) is 38.8 Å². The van der Waals surface area contributed by atoms with Gasteiger partial charge in [-0.3, -0.25) is 14.7 Å². The van der Waals surface area contributed by atoms with Crippen molar-refractivity contribution < 1.29 is 4.79 Å². The molecule has 4 aliphatic rings. The second kappa shape index (κ2) is 7.78. The van der Waals surface area contributed by atoms with Crippen molar-refractivity contribution in [3.63, 3.8) is 0 Å². The number of aromatic nitrogens is 1. The maximum atomic E-state index is 12.8. The fraction of sp³-hybridized carbons (Fsp3) is 0.750. The molecular weight excluding hydrogens is 346 g/mol. The van der Waals surface area contributed by atoms with E-state index in [4.69, 9.17) is 0 Å². The third kappa shape index (κ3) is 3.28. The zero-order chi connectivity index (χ0) is 19.0. The minimum absolute atomic E-state index is 0.329. The summed E-state index contributed by atoms with van der Waals surface area (Å²) >= 11 is 0. The quantitative estimate of drug-likeness (QED) is 0.769. The number of piperidine rings is 1. The van der Waals surface area contributed by atoms with Crippen LogP contribution in [0.25, 0.3) is 0 Å². The molecule has 0 bridgehead atoms. The fourth-order valence-corrected chi connectivity index (χ4v) is 6.75. The van der Waals surface area contributed by atoms with E-state index in [-0.39, 0.29) is 0 Å². The molecule has 1 spiro atoms. The van der Waals surface area contributed by atoms with Gasteiger partial charge in [-0.15, -0.1) is 0 Å². The van der Waals surface area contributed by atoms with Crippen LogP contribution in [0.2, 0.25) is 0 Å². The molecule has 2 aliphatic heterocycles. The molecule has 1 unspecified atom stereocenters. The third-order valence-electron chi connectivity index (χ3n) is 8.23. The van der Waals surface area contributed by atoms with Gasteiger partial charge in [0, 0.05) is 55.4 Å². The van der Waals surface area contributed by atoms with Gasteiger partial charge in [0.1, 0.15) is 0 Å². The van der Waals surface area contributed by atoms with Crippen LogP contribution in [-0.4, -0.2) is 46.4 Å². The molecule has 0 radical (unpaired) electrons. The van der Waals surface area contributed by atoms with E-state index in [2.05, 4.69) is 26.9 Å². The van der Waals surface area contributed by atoms with Gasteiger partial charge in [0.05, 0.1) is 0 Å². The van der Waals surface area contributed by atoms with Crippen LogP contribution in [0.5, 0.6) is 0 Å². The molecule has 1 aromatic heterocycles. The van der Waals surface area contributed by atoms with E-state index in [0.29, 0.717) is 29.3 Å². The highest BCUT2D eigenvalue weighted by atomic mass is 16.2. The Bertz CT molecular complexity index is 670. The Kier molecular flexibility index (Phi) is 5.17. The van der Waals surface area contributed by atoms with Gasteiger partial charge in [0.2, 0.25) is 5.91 Å². The predicted octanol–water partition coefficient (Wildman–Crippen LogP) is 4.57. The first-order valence-electron chi connectivity index (χ1n) is 11.7. The Labute approximate surface area is 169 Å². The molecule has 2 aliphatic carbocycles. The van der Waals surface area contributed by atoms with Crippen molar-refractivity contribution in [1.82, 2.24) is 14.8 Å². The Morgan fingerprint density at radius 2 is 1.61 bits per heavy atom. The lowest BCUT2D eigenvalue weighted by Crippen LogP contribution is -2.64. The molecule has 4 heteroatoms. The van der Waals surface area contributed by atoms with Crippen LogP contribution in [-0.2, 0) is 4.79 Å². The molecule has 0 aromatic carbocycles. The number of rotatable bonds is 3. The number of hydrogen-bond acceptors (Lipinski definition) is 3. The van der Waals surface area contributed by atoms with Crippen molar-refractivity contribution >= 4 is 5.91 Å². The summed E-state index contributed by atoms with van der Waals surface area (Å²) in [5, 5.41) is 0. The average molecular weight is 382 g/mol. The molecular formula is C24H35N3O. The number of amides is 1. The van der Waals surface area contributed by atoms with E-state index in [9.17, 15) is 4.79 Å². The Morgan fingerprint density at radius 1 is 0.929 bits per heavy atom. The molecule has 1 atom stereocenters. The molecule has 0 N–H and O–H groups in total. The Balaban J connectivity index is 1.26. The van der Waals surface area contributed by atoms with Crippen molar-refractivity contribution in [2.75, 3.05) is 19.6 Å². The van der Waals surface area contributed by atoms with Gasteiger partial charge in [-0.1, -0.05) is 32.1 Å². The van der Waals surface area contributed by atoms with Crippen molar-refractivity contribution in [2.24, 2.45) is 11.3 Å². The number of carbonyl (C=O) groups excluding carboxylic acids is 1. The molecule has 152 valence electrons. The van der Waals surface area contributed by atoms with Crippen molar-refractivity contribution in [1.29, 1.82) is 0 Å². The van der Waals surface area contributed by atoms with Crippen LogP contribution in [0.1, 0.15) is 82.2 Å². The zero-order valence-electron chi connectivity index (χ0n) is 17.2. The van der Waals surface area contributed by atoms with Gasteiger partial charge in [0.25, 0.3) is 0 Å². The average Bonchev–Trinajstić information content (AvgIpc) is 3.28. The highest BCUT2D eigenvalue weighted by Crippen LogP contribution is 2.58. The first kappa shape index (κ1) is 18.6. The predicted molar refractivity (Wildman–Crippen MR) is 111 cm³/mol. The second-order valence-electron chi connectivity index (χ2n) is 9.82. The van der Waals surface area contributed by atoms with Gasteiger partial charge in [-0.05, 0) is 56.2 Å². The number of nitrogens with zero attached hydrogens (tertiary/aromatic N) is 3. The van der Waals surface area contributed by atoms with E-state index >= 15 is 0 Å². The summed E-state index contributed by atoms with van der Waals surface area (Å²) in [5.74, 6) is 0.782. The first-order chi connectivity index (χ1) is 13.8. The Hall–Kier alpha value is -1.42. The highest BCUT2D eigenvalue weighted by Gasteiger charge is 2.55. The smallest absolute Gasteiger partial charge is 0.225 e. The maximum Gasteiger partial charge on any atom is 0.225 e. The molecule has 4 fully saturated rings. The van der Waals surface area contributed by atoms with Crippen LogP contribution in [0.15, 0.2) is 24.5 Å². The lowest BCUT2D eigenvalue weighted by Gasteiger charge is -2.63. The lowest BCUT2D eigenvalue weighted by molar-refractivity contribution is -0.146. The van der Waals surface area contributed by atoms with Crippen molar-refractivity contribution in [3.8, 4) is 0 Å². The number of likely N-dealkylation sites (tertiary alicyclic amines) is 2. The first-order valence-corrected chi connectivity index (χ1v) is 11.7. The van der Waals surface area contributed by atoms with E-state index < -0.39 is 0 Å². The summed E-state index contributed by atoms with van der Waals surface area (Å²) in [7, 11) is 0. The third-order valence-corrected chi connectivity index (χ3v) is 8.23. The van der Waals surface area contributed by atoms with Gasteiger partial charge < -0.3 is 4.90 Å². The largest absolute Gasteiger partial charge is 0.342 e. The summed E-state index contributed by atoms with van der Waals surface area (Å²) in [5.41, 5.74) is 1.96. The SMILES string of the molecule is O=C(C1CCCC1)N1CCC(N2CC3(CCCCC3)C2c2ccncc2)CC1. The van der Waals surface area contributed by atoms with Gasteiger partial charge in [-0.2, -0.15) is 0 Å². The molecule has 1 amide bonds. The van der Waals surface area contributed by atoms with Crippen LogP contribution in [0.3, 0.4) is 0 Å². The summed E-state index contributed by atoms with van der Waals surface area (Å²) < 4.78 is 0. The summed E-state index contributed by atoms with van der Waals surface area (Å²) in [4.78, 5) is 22.0. The number of hydrogen-bond donors (Lipinski definition) is 0. The standard InChI is InChI=1S/C24H35N3O/c28-23(20-6-2-3-7-20)26-16-10-21(11-17-26)27-18-24(12-4-1-5-13-24)22(27)19-8-14-25-15-9-19/h8-9,14-15,20-22H,1-7,10-13,16-18H2. The molecule has 5 rings (SSSR count). The summed E-state index contributed by atoms with van der Waals surface area (Å²) in [6.45, 7) is 3.19. The summed E-state index contributed by atoms with van der Waals surface area (Å²) in [6, 6.07) is 5.69. The normalized spacial score (nSPS) is 29.1.